The molecule has 182 valence electrons. The predicted molar refractivity (Wildman–Crippen MR) is 126 cm³/mol. The highest BCUT2D eigenvalue weighted by molar-refractivity contribution is 5.97. The van der Waals surface area contributed by atoms with Crippen LogP contribution in [0.25, 0.3) is 0 Å². The highest BCUT2D eigenvalue weighted by Crippen LogP contribution is 2.30. The van der Waals surface area contributed by atoms with Crippen LogP contribution in [0.1, 0.15) is 83.6 Å². The summed E-state index contributed by atoms with van der Waals surface area (Å²) in [6, 6.07) is -1.24. The molecule has 0 spiro atoms. The van der Waals surface area contributed by atoms with Crippen LogP contribution in [0, 0.1) is 17.3 Å². The van der Waals surface area contributed by atoms with Gasteiger partial charge in [0, 0.05) is 25.0 Å². The van der Waals surface area contributed by atoms with Crippen molar-refractivity contribution in [3.8, 4) is 0 Å². The van der Waals surface area contributed by atoms with E-state index in [0.717, 1.165) is 38.5 Å². The van der Waals surface area contributed by atoms with E-state index in [2.05, 4.69) is 34.4 Å². The normalized spacial score (nSPS) is 23.6. The number of likely N-dealkylation sites (tertiary alicyclic amines) is 1. The van der Waals surface area contributed by atoms with Gasteiger partial charge < -0.3 is 15.5 Å². The van der Waals surface area contributed by atoms with Crippen LogP contribution in [0.2, 0.25) is 0 Å². The lowest BCUT2D eigenvalue weighted by molar-refractivity contribution is -0.141. The fourth-order valence-corrected chi connectivity index (χ4v) is 4.95. The Morgan fingerprint density at radius 3 is 2.27 bits per heavy atom. The van der Waals surface area contributed by atoms with Gasteiger partial charge in [-0.15, -0.1) is 0 Å². The quantitative estimate of drug-likeness (QED) is 0.683. The topological polar surface area (TPSA) is 104 Å². The summed E-state index contributed by atoms with van der Waals surface area (Å²) in [7, 11) is 0. The van der Waals surface area contributed by atoms with Crippen LogP contribution in [-0.2, 0) is 9.59 Å². The number of carbonyl (C=O) groups excluding carboxylic acids is 3. The van der Waals surface area contributed by atoms with Crippen LogP contribution in [0.4, 0.5) is 0 Å². The Morgan fingerprint density at radius 2 is 1.73 bits per heavy atom. The Kier molecular flexibility index (Phi) is 8.08. The van der Waals surface area contributed by atoms with Gasteiger partial charge in [0.2, 0.25) is 11.8 Å². The third-order valence-corrected chi connectivity index (χ3v) is 7.31. The summed E-state index contributed by atoms with van der Waals surface area (Å²) in [5.41, 5.74) is -0.293. The lowest BCUT2D eigenvalue weighted by atomic mass is 9.82. The van der Waals surface area contributed by atoms with Crippen LogP contribution in [0.15, 0.2) is 18.6 Å². The molecule has 3 amide bonds. The highest BCUT2D eigenvalue weighted by Gasteiger charge is 2.42. The zero-order valence-electron chi connectivity index (χ0n) is 20.6. The molecule has 2 aliphatic rings. The first-order valence-corrected chi connectivity index (χ1v) is 12.3. The molecule has 8 nitrogen and oxygen atoms in total. The van der Waals surface area contributed by atoms with Gasteiger partial charge in [-0.05, 0) is 43.4 Å². The highest BCUT2D eigenvalue weighted by atomic mass is 16.2. The molecule has 1 aliphatic heterocycles. The van der Waals surface area contributed by atoms with Crippen molar-refractivity contribution in [2.24, 2.45) is 17.3 Å². The smallest absolute Gasteiger partial charge is 0.272 e. The summed E-state index contributed by atoms with van der Waals surface area (Å²) >= 11 is 0. The van der Waals surface area contributed by atoms with Crippen molar-refractivity contribution in [2.45, 2.75) is 91.3 Å². The second kappa shape index (κ2) is 10.6. The van der Waals surface area contributed by atoms with Gasteiger partial charge in [0.1, 0.15) is 17.8 Å². The molecule has 0 aromatic carbocycles. The van der Waals surface area contributed by atoms with Gasteiger partial charge in [-0.25, -0.2) is 4.98 Å². The summed E-state index contributed by atoms with van der Waals surface area (Å²) < 4.78 is 0. The van der Waals surface area contributed by atoms with E-state index in [1.54, 1.807) is 0 Å². The minimum atomic E-state index is -0.715. The number of amides is 3. The third kappa shape index (κ3) is 6.09. The molecular formula is C25H39N5O3. The number of rotatable bonds is 6. The predicted octanol–water partition coefficient (Wildman–Crippen LogP) is 2.94. The molecule has 4 atom stereocenters. The van der Waals surface area contributed by atoms with Crippen LogP contribution in [0.3, 0.4) is 0 Å². The molecule has 0 bridgehead atoms. The van der Waals surface area contributed by atoms with Crippen molar-refractivity contribution in [3.05, 3.63) is 24.3 Å². The number of aromatic nitrogens is 2. The zero-order chi connectivity index (χ0) is 24.2. The molecule has 1 saturated carbocycles. The van der Waals surface area contributed by atoms with E-state index in [4.69, 9.17) is 0 Å². The maximum atomic E-state index is 13.6. The van der Waals surface area contributed by atoms with Gasteiger partial charge in [-0.2, -0.15) is 0 Å². The molecular weight excluding hydrogens is 418 g/mol. The fraction of sp³-hybridized carbons (Fsp3) is 0.720. The second-order valence-corrected chi connectivity index (χ2v) is 10.8. The maximum Gasteiger partial charge on any atom is 0.272 e. The van der Waals surface area contributed by atoms with E-state index in [0.29, 0.717) is 12.5 Å². The minimum Gasteiger partial charge on any atom is -0.342 e. The molecule has 1 aromatic heterocycles. The molecule has 8 heteroatoms. The van der Waals surface area contributed by atoms with Crippen molar-refractivity contribution in [2.75, 3.05) is 6.54 Å². The molecule has 2 unspecified atom stereocenters. The summed E-state index contributed by atoms with van der Waals surface area (Å²) in [5.74, 6) is -0.301. The molecule has 3 rings (SSSR count). The minimum absolute atomic E-state index is 0.0285. The summed E-state index contributed by atoms with van der Waals surface area (Å²) in [6.45, 7) is 10.8. The third-order valence-electron chi connectivity index (χ3n) is 7.31. The molecule has 1 saturated heterocycles. The van der Waals surface area contributed by atoms with Crippen molar-refractivity contribution in [1.82, 2.24) is 25.5 Å². The van der Waals surface area contributed by atoms with E-state index in [1.165, 1.54) is 18.6 Å². The first kappa shape index (κ1) is 25.1. The second-order valence-electron chi connectivity index (χ2n) is 10.8. The van der Waals surface area contributed by atoms with E-state index in [9.17, 15) is 14.4 Å². The van der Waals surface area contributed by atoms with Crippen LogP contribution >= 0.6 is 0 Å². The van der Waals surface area contributed by atoms with Gasteiger partial charge >= 0.3 is 0 Å². The van der Waals surface area contributed by atoms with Crippen molar-refractivity contribution in [3.63, 3.8) is 0 Å². The molecule has 33 heavy (non-hydrogen) atoms. The van der Waals surface area contributed by atoms with Gasteiger partial charge in [0.15, 0.2) is 0 Å². The van der Waals surface area contributed by atoms with E-state index in [1.807, 2.05) is 25.7 Å². The number of hydrogen-bond donors (Lipinski definition) is 2. The summed E-state index contributed by atoms with van der Waals surface area (Å²) in [4.78, 5) is 49.9. The average molecular weight is 458 g/mol. The number of nitrogens with one attached hydrogen (secondary N) is 2. The first-order chi connectivity index (χ1) is 15.6. The first-order valence-electron chi connectivity index (χ1n) is 12.3. The molecule has 2 fully saturated rings. The van der Waals surface area contributed by atoms with Crippen molar-refractivity contribution < 1.29 is 14.4 Å². The fourth-order valence-electron chi connectivity index (χ4n) is 4.95. The van der Waals surface area contributed by atoms with Gasteiger partial charge in [-0.1, -0.05) is 47.0 Å². The van der Waals surface area contributed by atoms with Crippen molar-refractivity contribution >= 4 is 17.7 Å². The van der Waals surface area contributed by atoms with E-state index in [-0.39, 0.29) is 29.5 Å². The van der Waals surface area contributed by atoms with Gasteiger partial charge in [0.25, 0.3) is 5.91 Å². The average Bonchev–Trinajstić information content (AvgIpc) is 3.13. The molecule has 0 radical (unpaired) electrons. The molecule has 2 N–H and O–H groups in total. The maximum absolute atomic E-state index is 13.6. The van der Waals surface area contributed by atoms with Crippen LogP contribution in [-0.4, -0.2) is 57.3 Å². The van der Waals surface area contributed by atoms with Gasteiger partial charge in [0.05, 0.1) is 6.20 Å². The van der Waals surface area contributed by atoms with E-state index < -0.39 is 23.4 Å². The Hall–Kier alpha value is -2.51. The Bertz CT molecular complexity index is 832. The molecule has 1 aromatic rings. The number of hydrogen-bond acceptors (Lipinski definition) is 5. The van der Waals surface area contributed by atoms with Crippen LogP contribution in [0.5, 0.6) is 0 Å². The molecule has 2 heterocycles. The Balaban J connectivity index is 1.80. The van der Waals surface area contributed by atoms with E-state index >= 15 is 0 Å². The Morgan fingerprint density at radius 1 is 1.03 bits per heavy atom. The molecule has 1 aliphatic carbocycles. The summed E-state index contributed by atoms with van der Waals surface area (Å²) in [6.07, 6.45) is 10.2. The largest absolute Gasteiger partial charge is 0.342 e. The van der Waals surface area contributed by atoms with Gasteiger partial charge in [-0.3, -0.25) is 19.4 Å². The van der Waals surface area contributed by atoms with Crippen molar-refractivity contribution in [1.29, 1.82) is 0 Å². The van der Waals surface area contributed by atoms with Crippen LogP contribution < -0.4 is 10.6 Å². The lowest BCUT2D eigenvalue weighted by Gasteiger charge is -2.37. The standard InChI is InChI=1S/C25H39N5O3/c1-16-11-14-30(17(16)2)24(33)21(25(3,4)5)29-23(32)20(18-9-7-6-8-10-18)28-22(31)19-15-26-12-13-27-19/h12-13,15-18,20-21H,6-11,14H2,1-5H3,(H,28,31)(H,29,32)/t16-,17?,20?,21+/m0/s1. The Labute approximate surface area is 197 Å². The zero-order valence-corrected chi connectivity index (χ0v) is 20.6. The number of carbonyl (C=O) groups is 3. The SMILES string of the molecule is CC1[C@@H](C)CCN1C(=O)[C@@H](NC(=O)C(NC(=O)c1cnccn1)C1CCCCC1)C(C)(C)C. The number of nitrogens with zero attached hydrogens (tertiary/aromatic N) is 3. The monoisotopic (exact) mass is 457 g/mol. The lowest BCUT2D eigenvalue weighted by Crippen LogP contribution is -2.60. The summed E-state index contributed by atoms with van der Waals surface area (Å²) in [5, 5.41) is 5.95.